The molecule has 0 atom stereocenters. The summed E-state index contributed by atoms with van der Waals surface area (Å²) in [6.45, 7) is 1.07. The van der Waals surface area contributed by atoms with Crippen molar-refractivity contribution < 1.29 is 18.0 Å². The SMILES string of the molecule is CN(CCCNC(=O)Nc1ccc(F)c(F)c1F)c1ccccc1. The third kappa shape index (κ3) is 4.65. The molecule has 7 heteroatoms. The largest absolute Gasteiger partial charge is 0.375 e. The van der Waals surface area contributed by atoms with Gasteiger partial charge in [-0.3, -0.25) is 0 Å². The molecule has 0 radical (unpaired) electrons. The molecule has 0 aliphatic rings. The van der Waals surface area contributed by atoms with E-state index >= 15 is 0 Å². The first-order chi connectivity index (χ1) is 11.5. The molecule has 0 spiro atoms. The number of carbonyl (C=O) groups excluding carboxylic acids is 1. The van der Waals surface area contributed by atoms with Crippen LogP contribution < -0.4 is 15.5 Å². The molecule has 0 saturated heterocycles. The zero-order valence-corrected chi connectivity index (χ0v) is 13.2. The number of carbonyl (C=O) groups is 1. The molecule has 0 fully saturated rings. The van der Waals surface area contributed by atoms with Crippen molar-refractivity contribution in [3.05, 3.63) is 59.9 Å². The molecule has 0 aliphatic carbocycles. The summed E-state index contributed by atoms with van der Waals surface area (Å²) in [6.07, 6.45) is 0.666. The molecule has 2 rings (SSSR count). The van der Waals surface area contributed by atoms with Gasteiger partial charge in [0.25, 0.3) is 0 Å². The zero-order valence-electron chi connectivity index (χ0n) is 13.2. The maximum atomic E-state index is 13.4. The Hall–Kier alpha value is -2.70. The predicted molar refractivity (Wildman–Crippen MR) is 87.7 cm³/mol. The van der Waals surface area contributed by atoms with Gasteiger partial charge in [0, 0.05) is 25.8 Å². The van der Waals surface area contributed by atoms with Crippen LogP contribution in [-0.4, -0.2) is 26.2 Å². The van der Waals surface area contributed by atoms with Gasteiger partial charge in [-0.2, -0.15) is 0 Å². The van der Waals surface area contributed by atoms with Crippen molar-refractivity contribution in [1.29, 1.82) is 0 Å². The number of nitrogens with zero attached hydrogens (tertiary/aromatic N) is 1. The van der Waals surface area contributed by atoms with Crippen molar-refractivity contribution in [3.63, 3.8) is 0 Å². The minimum Gasteiger partial charge on any atom is -0.375 e. The Labute approximate surface area is 138 Å². The summed E-state index contributed by atoms with van der Waals surface area (Å²) in [4.78, 5) is 13.7. The topological polar surface area (TPSA) is 44.4 Å². The average Bonchev–Trinajstić information content (AvgIpc) is 2.60. The highest BCUT2D eigenvalue weighted by Crippen LogP contribution is 2.19. The van der Waals surface area contributed by atoms with Crippen LogP contribution in [0.15, 0.2) is 42.5 Å². The fraction of sp³-hybridized carbons (Fsp3) is 0.235. The van der Waals surface area contributed by atoms with Gasteiger partial charge in [-0.25, -0.2) is 18.0 Å². The maximum absolute atomic E-state index is 13.4. The number of nitrogens with one attached hydrogen (secondary N) is 2. The predicted octanol–water partition coefficient (Wildman–Crippen LogP) is 3.75. The molecule has 2 aromatic rings. The molecular weight excluding hydrogens is 319 g/mol. The van der Waals surface area contributed by atoms with Gasteiger partial charge >= 0.3 is 6.03 Å². The summed E-state index contributed by atoms with van der Waals surface area (Å²) in [5.41, 5.74) is 0.651. The standard InChI is InChI=1S/C17H18F3N3O/c1-23(12-6-3-2-4-7-12)11-5-10-21-17(24)22-14-9-8-13(18)15(19)16(14)20/h2-4,6-9H,5,10-11H2,1H3,(H2,21,22,24). The molecule has 0 unspecified atom stereocenters. The molecule has 2 N–H and O–H groups in total. The fourth-order valence-electron chi connectivity index (χ4n) is 2.12. The maximum Gasteiger partial charge on any atom is 0.319 e. The summed E-state index contributed by atoms with van der Waals surface area (Å²) in [6, 6.07) is 10.8. The van der Waals surface area contributed by atoms with Gasteiger partial charge in [0.05, 0.1) is 5.69 Å². The highest BCUT2D eigenvalue weighted by atomic mass is 19.2. The number of amides is 2. The minimum absolute atomic E-state index is 0.355. The summed E-state index contributed by atoms with van der Waals surface area (Å²) in [5, 5.41) is 4.69. The van der Waals surface area contributed by atoms with Crippen molar-refractivity contribution >= 4 is 17.4 Å². The van der Waals surface area contributed by atoms with Crippen LogP contribution in [-0.2, 0) is 0 Å². The molecule has 0 aromatic heterocycles. The smallest absolute Gasteiger partial charge is 0.319 e. The molecule has 2 aromatic carbocycles. The number of benzene rings is 2. The Morgan fingerprint density at radius 2 is 1.75 bits per heavy atom. The normalized spacial score (nSPS) is 10.3. The van der Waals surface area contributed by atoms with Crippen LogP contribution in [0.2, 0.25) is 0 Å². The molecule has 128 valence electrons. The summed E-state index contributed by atoms with van der Waals surface area (Å²) >= 11 is 0. The van der Waals surface area contributed by atoms with E-state index in [0.717, 1.165) is 17.8 Å². The lowest BCUT2D eigenvalue weighted by atomic mass is 10.3. The Balaban J connectivity index is 1.75. The quantitative estimate of drug-likeness (QED) is 0.623. The van der Waals surface area contributed by atoms with Crippen molar-refractivity contribution in [2.45, 2.75) is 6.42 Å². The van der Waals surface area contributed by atoms with Crippen LogP contribution >= 0.6 is 0 Å². The van der Waals surface area contributed by atoms with E-state index in [4.69, 9.17) is 0 Å². The van der Waals surface area contributed by atoms with Crippen molar-refractivity contribution in [1.82, 2.24) is 5.32 Å². The number of urea groups is 1. The second kappa shape index (κ2) is 8.24. The third-order valence-corrected chi connectivity index (χ3v) is 3.44. The average molecular weight is 337 g/mol. The van der Waals surface area contributed by atoms with Crippen LogP contribution in [0.5, 0.6) is 0 Å². The Kier molecular flexibility index (Phi) is 6.06. The van der Waals surface area contributed by atoms with Crippen molar-refractivity contribution in [2.24, 2.45) is 0 Å². The lowest BCUT2D eigenvalue weighted by Gasteiger charge is -2.19. The van der Waals surface area contributed by atoms with Crippen LogP contribution in [0.1, 0.15) is 6.42 Å². The number of rotatable bonds is 6. The first-order valence-corrected chi connectivity index (χ1v) is 7.43. The minimum atomic E-state index is -1.61. The molecule has 4 nitrogen and oxygen atoms in total. The van der Waals surface area contributed by atoms with Crippen molar-refractivity contribution in [3.8, 4) is 0 Å². The van der Waals surface area contributed by atoms with Crippen LogP contribution in [0.3, 0.4) is 0 Å². The third-order valence-electron chi connectivity index (χ3n) is 3.44. The number of hydrogen-bond acceptors (Lipinski definition) is 2. The fourth-order valence-corrected chi connectivity index (χ4v) is 2.12. The lowest BCUT2D eigenvalue weighted by molar-refractivity contribution is 0.252. The Morgan fingerprint density at radius 1 is 1.04 bits per heavy atom. The van der Waals surface area contributed by atoms with E-state index in [9.17, 15) is 18.0 Å². The van der Waals surface area contributed by atoms with Gasteiger partial charge in [0.2, 0.25) is 0 Å². The van der Waals surface area contributed by atoms with Crippen LogP contribution in [0.4, 0.5) is 29.3 Å². The van der Waals surface area contributed by atoms with Gasteiger partial charge < -0.3 is 15.5 Å². The second-order valence-corrected chi connectivity index (χ2v) is 5.21. The van der Waals surface area contributed by atoms with Gasteiger partial charge in [-0.05, 0) is 30.7 Å². The highest BCUT2D eigenvalue weighted by molar-refractivity contribution is 5.89. The monoisotopic (exact) mass is 337 g/mol. The van der Waals surface area contributed by atoms with E-state index in [0.29, 0.717) is 19.5 Å². The molecule has 0 heterocycles. The van der Waals surface area contributed by atoms with Gasteiger partial charge in [-0.15, -0.1) is 0 Å². The van der Waals surface area contributed by atoms with E-state index in [-0.39, 0.29) is 0 Å². The van der Waals surface area contributed by atoms with Gasteiger partial charge in [0.15, 0.2) is 17.5 Å². The summed E-state index contributed by atoms with van der Waals surface area (Å²) < 4.78 is 39.3. The van der Waals surface area contributed by atoms with Crippen molar-refractivity contribution in [2.75, 3.05) is 30.4 Å². The summed E-state index contributed by atoms with van der Waals surface area (Å²) in [7, 11) is 1.94. The highest BCUT2D eigenvalue weighted by Gasteiger charge is 2.14. The van der Waals surface area contributed by atoms with E-state index in [1.807, 2.05) is 42.3 Å². The molecule has 24 heavy (non-hydrogen) atoms. The zero-order chi connectivity index (χ0) is 17.5. The number of halogens is 3. The molecule has 0 saturated carbocycles. The van der Waals surface area contributed by atoms with E-state index < -0.39 is 29.2 Å². The molecule has 0 aliphatic heterocycles. The number of para-hydroxylation sites is 1. The number of hydrogen-bond donors (Lipinski definition) is 2. The summed E-state index contributed by atoms with van der Waals surface area (Å²) in [5.74, 6) is -4.34. The van der Waals surface area contributed by atoms with Gasteiger partial charge in [0.1, 0.15) is 0 Å². The molecular formula is C17H18F3N3O. The first-order valence-electron chi connectivity index (χ1n) is 7.43. The molecule has 0 bridgehead atoms. The molecule has 2 amide bonds. The Morgan fingerprint density at radius 3 is 2.46 bits per heavy atom. The lowest BCUT2D eigenvalue weighted by Crippen LogP contribution is -2.32. The number of anilines is 2. The Bertz CT molecular complexity index is 695. The van der Waals surface area contributed by atoms with E-state index in [2.05, 4.69) is 10.6 Å². The van der Waals surface area contributed by atoms with E-state index in [1.165, 1.54) is 0 Å². The van der Waals surface area contributed by atoms with E-state index in [1.54, 1.807) is 0 Å². The second-order valence-electron chi connectivity index (χ2n) is 5.21. The first kappa shape index (κ1) is 17.7. The van der Waals surface area contributed by atoms with Gasteiger partial charge in [-0.1, -0.05) is 18.2 Å². The van der Waals surface area contributed by atoms with Crippen LogP contribution in [0.25, 0.3) is 0 Å². The van der Waals surface area contributed by atoms with Crippen LogP contribution in [0, 0.1) is 17.5 Å².